The van der Waals surface area contributed by atoms with Crippen molar-refractivity contribution < 1.29 is 0 Å². The highest BCUT2D eigenvalue weighted by Gasteiger charge is 2.08. The number of aromatic nitrogens is 1. The maximum atomic E-state index is 12.6. The minimum absolute atomic E-state index is 0.0750. The van der Waals surface area contributed by atoms with Crippen molar-refractivity contribution in [3.05, 3.63) is 80.6 Å². The van der Waals surface area contributed by atoms with Crippen molar-refractivity contribution in [3.63, 3.8) is 0 Å². The first-order chi connectivity index (χ1) is 11.2. The molecular weight excluding hydrogens is 302 g/mol. The molecule has 3 heteroatoms. The van der Waals surface area contributed by atoms with Gasteiger partial charge in [-0.1, -0.05) is 24.0 Å². The van der Waals surface area contributed by atoms with E-state index in [1.54, 1.807) is 11.3 Å². The van der Waals surface area contributed by atoms with Crippen LogP contribution in [0, 0.1) is 11.8 Å². The van der Waals surface area contributed by atoms with Gasteiger partial charge < -0.3 is 4.57 Å². The number of nitrogens with zero attached hydrogens (tertiary/aromatic N) is 1. The van der Waals surface area contributed by atoms with Crippen molar-refractivity contribution in [1.29, 1.82) is 0 Å². The molecule has 2 aromatic carbocycles. The molecule has 0 atom stereocenters. The maximum Gasteiger partial charge on any atom is 0.197 e. The molecule has 0 amide bonds. The summed E-state index contributed by atoms with van der Waals surface area (Å²) in [4.78, 5) is 12.6. The van der Waals surface area contributed by atoms with E-state index in [9.17, 15) is 4.79 Å². The van der Waals surface area contributed by atoms with Crippen molar-refractivity contribution in [3.8, 4) is 11.8 Å². The van der Waals surface area contributed by atoms with Crippen LogP contribution in [0.4, 0.5) is 0 Å². The molecule has 2 heterocycles. The van der Waals surface area contributed by atoms with E-state index >= 15 is 0 Å². The zero-order chi connectivity index (χ0) is 15.8. The molecule has 2 nitrogen and oxygen atoms in total. The highest BCUT2D eigenvalue weighted by atomic mass is 32.1. The fourth-order valence-electron chi connectivity index (χ4n) is 2.79. The monoisotopic (exact) mass is 315 g/mol. The molecule has 0 aliphatic carbocycles. The van der Waals surface area contributed by atoms with Crippen LogP contribution >= 0.6 is 11.3 Å². The van der Waals surface area contributed by atoms with Gasteiger partial charge in [-0.2, -0.15) is 11.3 Å². The van der Waals surface area contributed by atoms with Crippen LogP contribution in [0.15, 0.2) is 64.1 Å². The zero-order valence-electron chi connectivity index (χ0n) is 12.5. The Balaban J connectivity index is 1.97. The molecule has 23 heavy (non-hydrogen) atoms. The van der Waals surface area contributed by atoms with E-state index in [1.807, 2.05) is 66.3 Å². The van der Waals surface area contributed by atoms with Crippen LogP contribution in [0.3, 0.4) is 0 Å². The van der Waals surface area contributed by atoms with Crippen LogP contribution in [-0.4, -0.2) is 4.57 Å². The van der Waals surface area contributed by atoms with Crippen molar-refractivity contribution >= 4 is 33.1 Å². The Bertz CT molecular complexity index is 1140. The second kappa shape index (κ2) is 5.42. The van der Waals surface area contributed by atoms with E-state index in [0.29, 0.717) is 0 Å². The van der Waals surface area contributed by atoms with Crippen LogP contribution in [0.25, 0.3) is 21.8 Å². The first-order valence-electron chi connectivity index (χ1n) is 7.30. The van der Waals surface area contributed by atoms with Gasteiger partial charge in [0.15, 0.2) is 5.43 Å². The van der Waals surface area contributed by atoms with Crippen LogP contribution < -0.4 is 5.43 Å². The van der Waals surface area contributed by atoms with Gasteiger partial charge in [-0.15, -0.1) is 0 Å². The maximum absolute atomic E-state index is 12.6. The van der Waals surface area contributed by atoms with Crippen molar-refractivity contribution in [2.24, 2.45) is 7.05 Å². The molecule has 0 fully saturated rings. The summed E-state index contributed by atoms with van der Waals surface area (Å²) >= 11 is 1.64. The lowest BCUT2D eigenvalue weighted by Gasteiger charge is -2.10. The van der Waals surface area contributed by atoms with Crippen molar-refractivity contribution in [2.75, 3.05) is 0 Å². The third-order valence-electron chi connectivity index (χ3n) is 3.99. The topological polar surface area (TPSA) is 22.0 Å². The molecule has 0 radical (unpaired) electrons. The highest BCUT2D eigenvalue weighted by molar-refractivity contribution is 7.08. The average molecular weight is 315 g/mol. The van der Waals surface area contributed by atoms with Crippen LogP contribution in [0.1, 0.15) is 11.1 Å². The standard InChI is InChI=1S/C20H13NOS/c1-21-18-5-3-2-4-16(18)20(22)17-9-8-14(12-19(17)21)6-7-15-10-11-23-13-15/h2-5,8-13H,1H3. The zero-order valence-corrected chi connectivity index (χ0v) is 13.4. The second-order valence-electron chi connectivity index (χ2n) is 5.40. The summed E-state index contributed by atoms with van der Waals surface area (Å²) in [6.07, 6.45) is 0. The lowest BCUT2D eigenvalue weighted by atomic mass is 10.1. The molecule has 0 saturated heterocycles. The summed E-state index contributed by atoms with van der Waals surface area (Å²) in [6, 6.07) is 15.5. The van der Waals surface area contributed by atoms with E-state index in [2.05, 4.69) is 16.4 Å². The first-order valence-corrected chi connectivity index (χ1v) is 8.24. The van der Waals surface area contributed by atoms with Gasteiger partial charge >= 0.3 is 0 Å². The molecular formula is C20H13NOS. The van der Waals surface area contributed by atoms with Gasteiger partial charge in [-0.3, -0.25) is 4.79 Å². The van der Waals surface area contributed by atoms with E-state index in [-0.39, 0.29) is 5.43 Å². The van der Waals surface area contributed by atoms with Gasteiger partial charge in [-0.25, -0.2) is 0 Å². The first kappa shape index (κ1) is 13.8. The lowest BCUT2D eigenvalue weighted by molar-refractivity contribution is 1.00. The molecule has 4 aromatic rings. The predicted molar refractivity (Wildman–Crippen MR) is 97.0 cm³/mol. The average Bonchev–Trinajstić information content (AvgIpc) is 3.11. The highest BCUT2D eigenvalue weighted by Crippen LogP contribution is 2.19. The smallest absolute Gasteiger partial charge is 0.197 e. The summed E-state index contributed by atoms with van der Waals surface area (Å²) in [6.45, 7) is 0. The Morgan fingerprint density at radius 3 is 2.52 bits per heavy atom. The van der Waals surface area contributed by atoms with Gasteiger partial charge in [-0.05, 0) is 41.8 Å². The summed E-state index contributed by atoms with van der Waals surface area (Å²) in [5.74, 6) is 6.33. The number of benzene rings is 2. The lowest BCUT2D eigenvalue weighted by Crippen LogP contribution is -2.09. The normalized spacial score (nSPS) is 10.7. The second-order valence-corrected chi connectivity index (χ2v) is 6.18. The summed E-state index contributed by atoms with van der Waals surface area (Å²) in [5, 5.41) is 5.52. The number of pyridine rings is 1. The number of hydrogen-bond donors (Lipinski definition) is 0. The fourth-order valence-corrected chi connectivity index (χ4v) is 3.38. The molecule has 0 saturated carbocycles. The minimum atomic E-state index is 0.0750. The predicted octanol–water partition coefficient (Wildman–Crippen LogP) is 4.15. The van der Waals surface area contributed by atoms with E-state index < -0.39 is 0 Å². The Morgan fingerprint density at radius 2 is 1.70 bits per heavy atom. The number of rotatable bonds is 0. The largest absolute Gasteiger partial charge is 0.343 e. The number of para-hydroxylation sites is 1. The quantitative estimate of drug-likeness (QED) is 0.353. The van der Waals surface area contributed by atoms with Gasteiger partial charge in [0.2, 0.25) is 0 Å². The molecule has 0 bridgehead atoms. The minimum Gasteiger partial charge on any atom is -0.343 e. The van der Waals surface area contributed by atoms with Crippen molar-refractivity contribution in [1.82, 2.24) is 4.57 Å². The van der Waals surface area contributed by atoms with Gasteiger partial charge in [0, 0.05) is 34.3 Å². The molecule has 0 aliphatic heterocycles. The van der Waals surface area contributed by atoms with Crippen LogP contribution in [-0.2, 0) is 7.05 Å². The van der Waals surface area contributed by atoms with Gasteiger partial charge in [0.05, 0.1) is 11.0 Å². The summed E-state index contributed by atoms with van der Waals surface area (Å²) < 4.78 is 2.06. The Labute approximate surface area is 137 Å². The molecule has 0 unspecified atom stereocenters. The number of thiophene rings is 1. The summed E-state index contributed by atoms with van der Waals surface area (Å²) in [7, 11) is 1.99. The molecule has 110 valence electrons. The van der Waals surface area contributed by atoms with Gasteiger partial charge in [0.25, 0.3) is 0 Å². The van der Waals surface area contributed by atoms with Crippen LogP contribution in [0.2, 0.25) is 0 Å². The number of hydrogen-bond acceptors (Lipinski definition) is 2. The fraction of sp³-hybridized carbons (Fsp3) is 0.0500. The molecule has 0 aliphatic rings. The number of aryl methyl sites for hydroxylation is 1. The number of fused-ring (bicyclic) bond motifs is 2. The molecule has 0 N–H and O–H groups in total. The SMILES string of the molecule is Cn1c2ccccc2c(=O)c2ccc(C#Cc3ccsc3)cc21. The van der Waals surface area contributed by atoms with Crippen molar-refractivity contribution in [2.45, 2.75) is 0 Å². The van der Waals surface area contributed by atoms with E-state index in [4.69, 9.17) is 0 Å². The van der Waals surface area contributed by atoms with Crippen LogP contribution in [0.5, 0.6) is 0 Å². The van der Waals surface area contributed by atoms with E-state index in [1.165, 1.54) is 0 Å². The van der Waals surface area contributed by atoms with E-state index in [0.717, 1.165) is 32.9 Å². The van der Waals surface area contributed by atoms with Gasteiger partial charge in [0.1, 0.15) is 0 Å². The molecule has 0 spiro atoms. The Morgan fingerprint density at radius 1 is 0.913 bits per heavy atom. The third-order valence-corrected chi connectivity index (χ3v) is 4.67. The Kier molecular flexibility index (Phi) is 3.25. The third kappa shape index (κ3) is 2.34. The Hall–Kier alpha value is -2.83. The molecule has 2 aromatic heterocycles. The molecule has 4 rings (SSSR count). The summed E-state index contributed by atoms with van der Waals surface area (Å²) in [5.41, 5.74) is 3.85.